The van der Waals surface area contributed by atoms with E-state index >= 15 is 0 Å². The highest BCUT2D eigenvalue weighted by Crippen LogP contribution is 2.16. The second kappa shape index (κ2) is 6.55. The van der Waals surface area contributed by atoms with Crippen molar-refractivity contribution in [2.45, 2.75) is 11.4 Å². The fourth-order valence-electron chi connectivity index (χ4n) is 2.52. The van der Waals surface area contributed by atoms with Gasteiger partial charge >= 0.3 is 0 Å². The van der Waals surface area contributed by atoms with E-state index in [1.807, 2.05) is 16.9 Å². The zero-order valence-electron chi connectivity index (χ0n) is 12.2. The Kier molecular flexibility index (Phi) is 4.51. The molecular formula is C14H19N5O2S. The number of hydrogen-bond acceptors (Lipinski definition) is 5. The third kappa shape index (κ3) is 3.34. The summed E-state index contributed by atoms with van der Waals surface area (Å²) in [5, 5.41) is 4.17. The van der Waals surface area contributed by atoms with E-state index < -0.39 is 10.0 Å². The van der Waals surface area contributed by atoms with Crippen LogP contribution in [0.5, 0.6) is 0 Å². The molecule has 3 rings (SSSR count). The standard InChI is InChI=1S/C14H19N5O2S/c20-22(21,14-3-1-4-15-13-14)19-11-8-17(9-12-19)7-10-18-6-2-5-16-18/h1-6,13H,7-12H2. The average Bonchev–Trinajstić information content (AvgIpc) is 3.08. The van der Waals surface area contributed by atoms with E-state index in [0.29, 0.717) is 13.1 Å². The Morgan fingerprint density at radius 2 is 1.86 bits per heavy atom. The molecule has 0 aromatic carbocycles. The predicted molar refractivity (Wildman–Crippen MR) is 81.7 cm³/mol. The second-order valence-electron chi connectivity index (χ2n) is 5.20. The van der Waals surface area contributed by atoms with Crippen molar-refractivity contribution in [2.75, 3.05) is 32.7 Å². The first-order valence-corrected chi connectivity index (χ1v) is 8.70. The molecule has 1 fully saturated rings. The van der Waals surface area contributed by atoms with Crippen LogP contribution in [0.15, 0.2) is 47.9 Å². The van der Waals surface area contributed by atoms with Crippen molar-refractivity contribution in [3.8, 4) is 0 Å². The van der Waals surface area contributed by atoms with Gasteiger partial charge in [-0.05, 0) is 18.2 Å². The van der Waals surface area contributed by atoms with Crippen molar-refractivity contribution in [3.05, 3.63) is 43.0 Å². The van der Waals surface area contributed by atoms with E-state index in [1.165, 1.54) is 10.5 Å². The Morgan fingerprint density at radius 3 is 2.50 bits per heavy atom. The lowest BCUT2D eigenvalue weighted by Crippen LogP contribution is -2.49. The first-order valence-electron chi connectivity index (χ1n) is 7.26. The van der Waals surface area contributed by atoms with Gasteiger partial charge in [0, 0.05) is 57.5 Å². The lowest BCUT2D eigenvalue weighted by molar-refractivity contribution is 0.181. The summed E-state index contributed by atoms with van der Waals surface area (Å²) in [4.78, 5) is 6.42. The van der Waals surface area contributed by atoms with E-state index in [1.54, 1.807) is 24.5 Å². The maximum absolute atomic E-state index is 12.5. The predicted octanol–water partition coefficient (Wildman–Crippen LogP) is 0.285. The number of pyridine rings is 1. The molecule has 3 heterocycles. The van der Waals surface area contributed by atoms with Gasteiger partial charge in [0.2, 0.25) is 10.0 Å². The average molecular weight is 321 g/mol. The second-order valence-corrected chi connectivity index (χ2v) is 7.14. The molecule has 118 valence electrons. The monoisotopic (exact) mass is 321 g/mol. The molecule has 1 saturated heterocycles. The highest BCUT2D eigenvalue weighted by molar-refractivity contribution is 7.89. The van der Waals surface area contributed by atoms with Crippen LogP contribution in [0.3, 0.4) is 0 Å². The molecule has 0 unspecified atom stereocenters. The van der Waals surface area contributed by atoms with Crippen molar-refractivity contribution in [1.82, 2.24) is 24.0 Å². The minimum Gasteiger partial charge on any atom is -0.299 e. The summed E-state index contributed by atoms with van der Waals surface area (Å²) in [5.74, 6) is 0. The number of rotatable bonds is 5. The first kappa shape index (κ1) is 15.1. The Balaban J connectivity index is 1.55. The minimum absolute atomic E-state index is 0.264. The zero-order chi connectivity index (χ0) is 15.4. The van der Waals surface area contributed by atoms with Gasteiger partial charge in [-0.15, -0.1) is 0 Å². The van der Waals surface area contributed by atoms with Gasteiger partial charge in [0.25, 0.3) is 0 Å². The van der Waals surface area contributed by atoms with Gasteiger partial charge in [-0.1, -0.05) is 0 Å². The van der Waals surface area contributed by atoms with Crippen molar-refractivity contribution < 1.29 is 8.42 Å². The van der Waals surface area contributed by atoms with Crippen LogP contribution in [-0.2, 0) is 16.6 Å². The smallest absolute Gasteiger partial charge is 0.244 e. The van der Waals surface area contributed by atoms with Crippen LogP contribution in [0.2, 0.25) is 0 Å². The lowest BCUT2D eigenvalue weighted by Gasteiger charge is -2.33. The SMILES string of the molecule is O=S(=O)(c1cccnc1)N1CCN(CCn2cccn2)CC1. The summed E-state index contributed by atoms with van der Waals surface area (Å²) in [6.07, 6.45) is 6.67. The number of nitrogens with zero attached hydrogens (tertiary/aromatic N) is 5. The molecule has 1 aliphatic heterocycles. The highest BCUT2D eigenvalue weighted by Gasteiger charge is 2.28. The van der Waals surface area contributed by atoms with Crippen LogP contribution in [0.25, 0.3) is 0 Å². The Bertz CT molecular complexity index is 679. The van der Waals surface area contributed by atoms with Crippen LogP contribution >= 0.6 is 0 Å². The lowest BCUT2D eigenvalue weighted by atomic mass is 10.3. The normalized spacial score (nSPS) is 17.6. The molecular weight excluding hydrogens is 302 g/mol. The molecule has 0 spiro atoms. The molecule has 8 heteroatoms. The summed E-state index contributed by atoms with van der Waals surface area (Å²) in [6, 6.07) is 5.14. The fraction of sp³-hybridized carbons (Fsp3) is 0.429. The van der Waals surface area contributed by atoms with Crippen LogP contribution in [0.4, 0.5) is 0 Å². The molecule has 2 aromatic rings. The van der Waals surface area contributed by atoms with Gasteiger partial charge in [0.15, 0.2) is 0 Å². The molecule has 7 nitrogen and oxygen atoms in total. The molecule has 0 amide bonds. The minimum atomic E-state index is -3.42. The number of sulfonamides is 1. The quantitative estimate of drug-likeness (QED) is 0.791. The molecule has 0 aliphatic carbocycles. The van der Waals surface area contributed by atoms with Gasteiger partial charge < -0.3 is 0 Å². The number of aromatic nitrogens is 3. The summed E-state index contributed by atoms with van der Waals surface area (Å²) < 4.78 is 28.4. The van der Waals surface area contributed by atoms with Crippen LogP contribution < -0.4 is 0 Å². The van der Waals surface area contributed by atoms with Gasteiger partial charge in [-0.25, -0.2) is 8.42 Å². The summed E-state index contributed by atoms with van der Waals surface area (Å²) >= 11 is 0. The van der Waals surface area contributed by atoms with Crippen LogP contribution in [0.1, 0.15) is 0 Å². The molecule has 0 radical (unpaired) electrons. The van der Waals surface area contributed by atoms with E-state index in [-0.39, 0.29) is 4.90 Å². The Labute approximate surface area is 130 Å². The molecule has 22 heavy (non-hydrogen) atoms. The Hall–Kier alpha value is -1.77. The highest BCUT2D eigenvalue weighted by atomic mass is 32.2. The van der Waals surface area contributed by atoms with E-state index in [0.717, 1.165) is 26.2 Å². The number of piperazine rings is 1. The molecule has 0 bridgehead atoms. The van der Waals surface area contributed by atoms with Crippen LogP contribution in [0, 0.1) is 0 Å². The summed E-state index contributed by atoms with van der Waals surface area (Å²) in [7, 11) is -3.42. The summed E-state index contributed by atoms with van der Waals surface area (Å²) in [5.41, 5.74) is 0. The molecule has 2 aromatic heterocycles. The third-order valence-corrected chi connectivity index (χ3v) is 5.69. The van der Waals surface area contributed by atoms with Crippen LogP contribution in [-0.4, -0.2) is 65.1 Å². The maximum Gasteiger partial charge on any atom is 0.244 e. The molecule has 0 atom stereocenters. The van der Waals surface area contributed by atoms with E-state index in [9.17, 15) is 8.42 Å². The van der Waals surface area contributed by atoms with Gasteiger partial charge in [0.05, 0.1) is 6.54 Å². The van der Waals surface area contributed by atoms with Gasteiger partial charge in [-0.2, -0.15) is 9.40 Å². The van der Waals surface area contributed by atoms with Crippen molar-refractivity contribution >= 4 is 10.0 Å². The fourth-order valence-corrected chi connectivity index (χ4v) is 3.91. The first-order chi connectivity index (χ1) is 10.7. The molecule has 1 aliphatic rings. The molecule has 0 N–H and O–H groups in total. The third-order valence-electron chi connectivity index (χ3n) is 3.81. The Morgan fingerprint density at radius 1 is 1.05 bits per heavy atom. The number of hydrogen-bond donors (Lipinski definition) is 0. The topological polar surface area (TPSA) is 71.3 Å². The van der Waals surface area contributed by atoms with Crippen molar-refractivity contribution in [2.24, 2.45) is 0 Å². The maximum atomic E-state index is 12.5. The zero-order valence-corrected chi connectivity index (χ0v) is 13.1. The van der Waals surface area contributed by atoms with Gasteiger partial charge in [-0.3, -0.25) is 14.6 Å². The summed E-state index contributed by atoms with van der Waals surface area (Å²) in [6.45, 7) is 4.19. The van der Waals surface area contributed by atoms with Gasteiger partial charge in [0.1, 0.15) is 4.90 Å². The molecule has 0 saturated carbocycles. The van der Waals surface area contributed by atoms with Crippen molar-refractivity contribution in [1.29, 1.82) is 0 Å². The van der Waals surface area contributed by atoms with E-state index in [2.05, 4.69) is 15.0 Å². The largest absolute Gasteiger partial charge is 0.299 e. The van der Waals surface area contributed by atoms with E-state index in [4.69, 9.17) is 0 Å². The van der Waals surface area contributed by atoms with Crippen molar-refractivity contribution in [3.63, 3.8) is 0 Å².